The predicted molar refractivity (Wildman–Crippen MR) is 116 cm³/mol. The minimum atomic E-state index is -4.22. The molecule has 9 nitrogen and oxygen atoms in total. The van der Waals surface area contributed by atoms with Gasteiger partial charge in [-0.15, -0.1) is 0 Å². The van der Waals surface area contributed by atoms with Gasteiger partial charge in [0.2, 0.25) is 5.79 Å². The third-order valence-corrected chi connectivity index (χ3v) is 6.75. The van der Waals surface area contributed by atoms with E-state index in [9.17, 15) is 18.6 Å². The Hall–Kier alpha value is -2.92. The molecule has 0 saturated carbocycles. The summed E-state index contributed by atoms with van der Waals surface area (Å²) in [5.41, 5.74) is 1.27. The largest absolute Gasteiger partial charge is 0.497 e. The van der Waals surface area contributed by atoms with Gasteiger partial charge in [0.1, 0.15) is 16.4 Å². The van der Waals surface area contributed by atoms with E-state index in [4.69, 9.17) is 14.2 Å². The topological polar surface area (TPSA) is 118 Å². The van der Waals surface area contributed by atoms with Crippen LogP contribution >= 0.6 is 0 Å². The summed E-state index contributed by atoms with van der Waals surface area (Å²) < 4.78 is 46.8. The normalized spacial score (nSPS) is 21.6. The highest BCUT2D eigenvalue weighted by Crippen LogP contribution is 2.42. The molecule has 0 bridgehead atoms. The zero-order chi connectivity index (χ0) is 22.9. The number of allylic oxidation sites excluding steroid dienone is 1. The molecule has 2 aliphatic rings. The zero-order valence-corrected chi connectivity index (χ0v) is 18.5. The lowest BCUT2D eigenvalue weighted by atomic mass is 9.86. The van der Waals surface area contributed by atoms with Crippen LogP contribution in [0.5, 0.6) is 11.5 Å². The summed E-state index contributed by atoms with van der Waals surface area (Å²) in [4.78, 5) is 1.61. The molecule has 2 N–H and O–H groups in total. The van der Waals surface area contributed by atoms with Crippen molar-refractivity contribution in [1.29, 1.82) is 0 Å². The van der Waals surface area contributed by atoms with E-state index in [2.05, 4.69) is 4.40 Å². The van der Waals surface area contributed by atoms with Gasteiger partial charge in [-0.05, 0) is 18.2 Å². The Morgan fingerprint density at radius 1 is 1.19 bits per heavy atom. The summed E-state index contributed by atoms with van der Waals surface area (Å²) in [6.45, 7) is 0.790. The number of fused-ring (bicyclic) bond motifs is 3. The van der Waals surface area contributed by atoms with Crippen molar-refractivity contribution >= 4 is 15.7 Å². The van der Waals surface area contributed by atoms with Crippen molar-refractivity contribution in [2.75, 3.05) is 40.5 Å². The Bertz CT molecular complexity index is 1190. The Balaban J connectivity index is 1.91. The van der Waals surface area contributed by atoms with Crippen molar-refractivity contribution in [1.82, 2.24) is 4.90 Å². The van der Waals surface area contributed by atoms with Crippen LogP contribution in [-0.4, -0.2) is 69.8 Å². The smallest absolute Gasteiger partial charge is 0.286 e. The number of hydrogen-bond donors (Lipinski definition) is 2. The lowest BCUT2D eigenvalue weighted by molar-refractivity contribution is -0.219. The molecule has 10 heteroatoms. The van der Waals surface area contributed by atoms with Crippen molar-refractivity contribution in [3.63, 3.8) is 0 Å². The number of nitrogens with zero attached hydrogens (tertiary/aromatic N) is 2. The molecule has 32 heavy (non-hydrogen) atoms. The molecule has 0 spiro atoms. The molecule has 1 atom stereocenters. The first-order valence-electron chi connectivity index (χ1n) is 9.95. The first-order chi connectivity index (χ1) is 15.3. The van der Waals surface area contributed by atoms with E-state index in [1.54, 1.807) is 35.2 Å². The molecule has 4 rings (SSSR count). The van der Waals surface area contributed by atoms with Crippen molar-refractivity contribution < 1.29 is 32.8 Å². The lowest BCUT2D eigenvalue weighted by Crippen LogP contribution is -2.50. The molecule has 2 aromatic carbocycles. The van der Waals surface area contributed by atoms with Gasteiger partial charge in [-0.2, -0.15) is 12.8 Å². The second-order valence-corrected chi connectivity index (χ2v) is 8.82. The predicted octanol–water partition coefficient (Wildman–Crippen LogP) is 1.25. The summed E-state index contributed by atoms with van der Waals surface area (Å²) in [7, 11) is -1.41. The fourth-order valence-corrected chi connectivity index (χ4v) is 5.10. The average Bonchev–Trinajstić information content (AvgIpc) is 2.80. The Labute approximate surface area is 186 Å². The quantitative estimate of drug-likeness (QED) is 0.661. The highest BCUT2D eigenvalue weighted by Gasteiger charge is 2.46. The zero-order valence-electron chi connectivity index (χ0n) is 17.7. The fourth-order valence-electron chi connectivity index (χ4n) is 3.92. The first kappa shape index (κ1) is 22.3. The SMILES string of the molecule is COc1ccc(OC)c(S(=O)(=O)N=C2C=C3N(CCO)CCO[C@]3(O)c3ccccc32)c1. The summed E-state index contributed by atoms with van der Waals surface area (Å²) in [5.74, 6) is -1.29. The second kappa shape index (κ2) is 8.55. The molecule has 0 aromatic heterocycles. The van der Waals surface area contributed by atoms with Crippen LogP contribution in [0, 0.1) is 0 Å². The standard InChI is InChI=1S/C22H24N2O7S/c1-29-15-7-8-19(30-2)20(13-15)32(27,28)23-18-14-21-22(26,17-6-4-3-5-16(17)18)31-12-10-24(21)9-11-25/h3-8,13-14,25-26H,9-12H2,1-2H3/t22-/m1/s1. The Kier molecular flexibility index (Phi) is 5.95. The van der Waals surface area contributed by atoms with E-state index in [-0.39, 0.29) is 36.1 Å². The molecule has 1 fully saturated rings. The van der Waals surface area contributed by atoms with E-state index in [0.29, 0.717) is 29.1 Å². The summed E-state index contributed by atoms with van der Waals surface area (Å²) in [6.07, 6.45) is 1.49. The molecule has 1 aliphatic carbocycles. The molecular formula is C22H24N2O7S. The highest BCUT2D eigenvalue weighted by molar-refractivity contribution is 7.90. The van der Waals surface area contributed by atoms with Crippen molar-refractivity contribution in [2.45, 2.75) is 10.7 Å². The fraction of sp³-hybridized carbons (Fsp3) is 0.318. The molecule has 2 aromatic rings. The van der Waals surface area contributed by atoms with Gasteiger partial charge in [0.25, 0.3) is 10.0 Å². The summed E-state index contributed by atoms with van der Waals surface area (Å²) >= 11 is 0. The number of sulfonamides is 1. The van der Waals surface area contributed by atoms with Crippen LogP contribution in [0.1, 0.15) is 11.1 Å². The number of methoxy groups -OCH3 is 2. The summed E-state index contributed by atoms with van der Waals surface area (Å²) in [6, 6.07) is 11.2. The molecule has 1 heterocycles. The number of aliphatic hydroxyl groups is 2. The van der Waals surface area contributed by atoms with Gasteiger partial charge in [0.15, 0.2) is 0 Å². The molecular weight excluding hydrogens is 436 g/mol. The third-order valence-electron chi connectivity index (χ3n) is 5.44. The van der Waals surface area contributed by atoms with Gasteiger partial charge in [-0.25, -0.2) is 0 Å². The van der Waals surface area contributed by atoms with Crippen molar-refractivity contribution in [3.8, 4) is 11.5 Å². The number of aliphatic hydroxyl groups excluding tert-OH is 1. The van der Waals surface area contributed by atoms with Crippen LogP contribution in [-0.2, 0) is 20.5 Å². The molecule has 1 aliphatic heterocycles. The van der Waals surface area contributed by atoms with Crippen LogP contribution in [0.4, 0.5) is 0 Å². The number of benzene rings is 2. The lowest BCUT2D eigenvalue weighted by Gasteiger charge is -2.45. The average molecular weight is 461 g/mol. The van der Waals surface area contributed by atoms with Crippen molar-refractivity contribution in [3.05, 3.63) is 65.4 Å². The number of rotatable bonds is 6. The van der Waals surface area contributed by atoms with Crippen molar-refractivity contribution in [2.24, 2.45) is 4.40 Å². The molecule has 0 unspecified atom stereocenters. The van der Waals surface area contributed by atoms with E-state index >= 15 is 0 Å². The van der Waals surface area contributed by atoms with Gasteiger partial charge in [0.05, 0.1) is 38.8 Å². The maximum Gasteiger partial charge on any atom is 0.286 e. The van der Waals surface area contributed by atoms with E-state index in [1.807, 2.05) is 0 Å². The maximum atomic E-state index is 13.3. The van der Waals surface area contributed by atoms with E-state index in [1.165, 1.54) is 32.4 Å². The van der Waals surface area contributed by atoms with Gasteiger partial charge in [-0.1, -0.05) is 24.3 Å². The van der Waals surface area contributed by atoms with Gasteiger partial charge in [0, 0.05) is 30.3 Å². The molecule has 1 saturated heterocycles. The molecule has 170 valence electrons. The number of ether oxygens (including phenoxy) is 3. The first-order valence-corrected chi connectivity index (χ1v) is 11.4. The maximum absolute atomic E-state index is 13.3. The van der Waals surface area contributed by atoms with Crippen LogP contribution in [0.3, 0.4) is 0 Å². The van der Waals surface area contributed by atoms with E-state index in [0.717, 1.165) is 0 Å². The van der Waals surface area contributed by atoms with Gasteiger partial charge >= 0.3 is 0 Å². The Morgan fingerprint density at radius 2 is 1.97 bits per heavy atom. The summed E-state index contributed by atoms with van der Waals surface area (Å²) in [5, 5.41) is 20.8. The molecule has 0 amide bonds. The van der Waals surface area contributed by atoms with Crippen LogP contribution in [0.15, 0.2) is 63.5 Å². The second-order valence-electron chi connectivity index (χ2n) is 7.25. The van der Waals surface area contributed by atoms with Crippen LogP contribution in [0.25, 0.3) is 0 Å². The van der Waals surface area contributed by atoms with Crippen LogP contribution < -0.4 is 9.47 Å². The molecule has 0 radical (unpaired) electrons. The van der Waals surface area contributed by atoms with Gasteiger partial charge < -0.3 is 29.3 Å². The van der Waals surface area contributed by atoms with Crippen LogP contribution in [0.2, 0.25) is 0 Å². The monoisotopic (exact) mass is 460 g/mol. The number of hydrogen-bond acceptors (Lipinski definition) is 8. The minimum Gasteiger partial charge on any atom is -0.497 e. The van der Waals surface area contributed by atoms with Gasteiger partial charge in [-0.3, -0.25) is 0 Å². The number of β-amino-alcohol motifs (C(OH)–C–C–N with tert-alkyl or cyclic N) is 1. The minimum absolute atomic E-state index is 0.131. The Morgan fingerprint density at radius 3 is 2.69 bits per heavy atom. The highest BCUT2D eigenvalue weighted by atomic mass is 32.2. The van der Waals surface area contributed by atoms with E-state index < -0.39 is 15.8 Å². The number of morpholine rings is 1. The third kappa shape index (κ3) is 3.75.